The van der Waals surface area contributed by atoms with Crippen molar-refractivity contribution in [2.75, 3.05) is 7.05 Å². The van der Waals surface area contributed by atoms with Crippen LogP contribution in [0.5, 0.6) is 0 Å². The summed E-state index contributed by atoms with van der Waals surface area (Å²) in [5, 5.41) is 21.1. The van der Waals surface area contributed by atoms with E-state index in [4.69, 9.17) is 5.73 Å². The lowest BCUT2D eigenvalue weighted by atomic mass is 9.99. The number of nitrogens with zero attached hydrogens (tertiary/aromatic N) is 3. The fraction of sp³-hybridized carbons (Fsp3) is 0.0606. The summed E-state index contributed by atoms with van der Waals surface area (Å²) in [7, 11) is 2.14. The van der Waals surface area contributed by atoms with Gasteiger partial charge in [0.2, 0.25) is 0 Å². The Kier molecular flexibility index (Phi) is 10.3. The van der Waals surface area contributed by atoms with Crippen LogP contribution < -0.4 is 11.1 Å². The van der Waals surface area contributed by atoms with Gasteiger partial charge in [0, 0.05) is 32.3 Å². The molecule has 6 heteroatoms. The number of aromatic nitrogens is 2. The maximum atomic E-state index is 7.57. The molecule has 0 saturated heterocycles. The van der Waals surface area contributed by atoms with E-state index in [1.165, 1.54) is 86.9 Å². The molecule has 3 atom stereocenters. The molecule has 0 aliphatic heterocycles. The van der Waals surface area contributed by atoms with Crippen molar-refractivity contribution in [3.05, 3.63) is 253 Å². The summed E-state index contributed by atoms with van der Waals surface area (Å²) in [4.78, 5) is 2.28. The zero-order chi connectivity index (χ0) is 48.0. The number of rotatable bonds is 9. The van der Waals surface area contributed by atoms with E-state index in [9.17, 15) is 0 Å². The molecule has 344 valence electrons. The van der Waals surface area contributed by atoms with E-state index in [1.807, 2.05) is 0 Å². The standard InChI is InChI=1S/C66H48IN5/c1-70(66(43-19-3-2-4-20-43)69-64(67)46-33-35-48-45(39-46)32-31-41-17-5-8-22-47(41)48)65(68)53-36-38-58(52-26-12-11-25-51(52)53)71-56-29-15-14-28-55(56)62-60(71)40-44-21-7-10-24-50(44)63(62)72-57-30-16-13-27-54(57)61-49-23-9-6-18-42(49)34-37-59(61)72/h2-40,64-66,69H,68H2,1H3. The fourth-order valence-electron chi connectivity index (χ4n) is 11.9. The molecule has 72 heavy (non-hydrogen) atoms. The van der Waals surface area contributed by atoms with Crippen LogP contribution in [0.1, 0.15) is 33.1 Å². The van der Waals surface area contributed by atoms with Crippen molar-refractivity contribution in [2.45, 2.75) is 16.4 Å². The predicted octanol–water partition coefficient (Wildman–Crippen LogP) is 17.0. The number of alkyl halides is 1. The van der Waals surface area contributed by atoms with E-state index in [1.54, 1.807) is 0 Å². The van der Waals surface area contributed by atoms with E-state index in [2.05, 4.69) is 286 Å². The Morgan fingerprint density at radius 2 is 0.944 bits per heavy atom. The van der Waals surface area contributed by atoms with Gasteiger partial charge in [-0.15, -0.1) is 0 Å². The van der Waals surface area contributed by atoms with Gasteiger partial charge in [-0.3, -0.25) is 10.2 Å². The van der Waals surface area contributed by atoms with Crippen molar-refractivity contribution in [1.82, 2.24) is 19.4 Å². The minimum Gasteiger partial charge on any atom is -0.312 e. The fourth-order valence-corrected chi connectivity index (χ4v) is 12.6. The largest absolute Gasteiger partial charge is 0.312 e. The Morgan fingerprint density at radius 3 is 1.71 bits per heavy atom. The maximum absolute atomic E-state index is 7.57. The summed E-state index contributed by atoms with van der Waals surface area (Å²) in [6.07, 6.45) is -0.648. The first-order chi connectivity index (χ1) is 35.5. The minimum atomic E-state index is -0.451. The van der Waals surface area contributed by atoms with Gasteiger partial charge < -0.3 is 14.9 Å². The SMILES string of the molecule is CN(C(N)c1ccc(-n2c3ccccc3c3c(-n4c5ccccc5c5c6ccccc6ccc54)c4ccccc4cc32)c2ccccc12)C(NC(I)c1ccc2c(ccc3ccccc32)c1)c1ccccc1. The Balaban J connectivity index is 0.920. The van der Waals surface area contributed by atoms with Crippen LogP contribution in [0.15, 0.2) is 237 Å². The molecular weight excluding hydrogens is 990 g/mol. The first kappa shape index (κ1) is 43.0. The first-order valence-electron chi connectivity index (χ1n) is 24.7. The molecule has 0 amide bonds. The second kappa shape index (κ2) is 17.2. The van der Waals surface area contributed by atoms with Crippen molar-refractivity contribution >= 4 is 120 Å². The molecule has 3 N–H and O–H groups in total. The highest BCUT2D eigenvalue weighted by molar-refractivity contribution is 14.1. The second-order valence-electron chi connectivity index (χ2n) is 19.2. The Bertz CT molecular complexity index is 4460. The van der Waals surface area contributed by atoms with Crippen LogP contribution in [-0.4, -0.2) is 21.1 Å². The number of hydrogen-bond donors (Lipinski definition) is 2. The monoisotopic (exact) mass is 1040 g/mol. The molecule has 0 aliphatic carbocycles. The molecule has 14 rings (SSSR count). The number of hydrogen-bond acceptors (Lipinski definition) is 3. The van der Waals surface area contributed by atoms with Crippen molar-refractivity contribution in [3.8, 4) is 11.4 Å². The van der Waals surface area contributed by atoms with E-state index < -0.39 is 6.17 Å². The van der Waals surface area contributed by atoms with Gasteiger partial charge >= 0.3 is 0 Å². The van der Waals surface area contributed by atoms with Gasteiger partial charge in [-0.2, -0.15) is 0 Å². The van der Waals surface area contributed by atoms with Crippen LogP contribution in [0.3, 0.4) is 0 Å². The summed E-state index contributed by atoms with van der Waals surface area (Å²) in [6.45, 7) is 0. The number of benzene rings is 12. The predicted molar refractivity (Wildman–Crippen MR) is 313 cm³/mol. The maximum Gasteiger partial charge on any atom is 0.0883 e. The molecule has 0 bridgehead atoms. The van der Waals surface area contributed by atoms with Crippen molar-refractivity contribution in [3.63, 3.8) is 0 Å². The van der Waals surface area contributed by atoms with Crippen LogP contribution in [0.4, 0.5) is 0 Å². The minimum absolute atomic E-state index is 0.00409. The molecule has 0 saturated carbocycles. The van der Waals surface area contributed by atoms with Crippen LogP contribution in [0, 0.1) is 0 Å². The van der Waals surface area contributed by atoms with Crippen LogP contribution in [-0.2, 0) is 0 Å². The molecule has 0 spiro atoms. The van der Waals surface area contributed by atoms with E-state index in [0.717, 1.165) is 38.6 Å². The quantitative estimate of drug-likeness (QED) is 0.0498. The van der Waals surface area contributed by atoms with E-state index in [0.29, 0.717) is 0 Å². The highest BCUT2D eigenvalue weighted by Crippen LogP contribution is 2.46. The summed E-state index contributed by atoms with van der Waals surface area (Å²) < 4.78 is 5.02. The summed E-state index contributed by atoms with van der Waals surface area (Å²) in [6, 6.07) is 86.5. The third-order valence-electron chi connectivity index (χ3n) is 15.3. The zero-order valence-corrected chi connectivity index (χ0v) is 41.7. The lowest BCUT2D eigenvalue weighted by Gasteiger charge is -2.36. The summed E-state index contributed by atoms with van der Waals surface area (Å²) >= 11 is 2.55. The molecule has 3 unspecified atom stereocenters. The average Bonchev–Trinajstić information content (AvgIpc) is 3.96. The van der Waals surface area contributed by atoms with Gasteiger partial charge in [-0.05, 0) is 103 Å². The van der Waals surface area contributed by atoms with Gasteiger partial charge in [0.1, 0.15) is 0 Å². The molecule has 0 radical (unpaired) electrons. The lowest BCUT2D eigenvalue weighted by molar-refractivity contribution is 0.147. The van der Waals surface area contributed by atoms with Crippen LogP contribution in [0.25, 0.3) is 109 Å². The van der Waals surface area contributed by atoms with Gasteiger partial charge in [0.05, 0.1) is 49.8 Å². The number of nitrogens with two attached hydrogens (primary N) is 1. The Morgan fingerprint density at radius 1 is 0.403 bits per heavy atom. The molecular formula is C66H48IN5. The lowest BCUT2D eigenvalue weighted by Crippen LogP contribution is -2.42. The Labute approximate surface area is 430 Å². The van der Waals surface area contributed by atoms with Gasteiger partial charge in [0.15, 0.2) is 0 Å². The van der Waals surface area contributed by atoms with Gasteiger partial charge in [-0.25, -0.2) is 0 Å². The van der Waals surface area contributed by atoms with Gasteiger partial charge in [0.25, 0.3) is 0 Å². The number of para-hydroxylation sites is 2. The third kappa shape index (κ3) is 6.71. The van der Waals surface area contributed by atoms with E-state index in [-0.39, 0.29) is 10.2 Å². The van der Waals surface area contributed by atoms with Crippen LogP contribution >= 0.6 is 22.6 Å². The van der Waals surface area contributed by atoms with Crippen molar-refractivity contribution in [1.29, 1.82) is 0 Å². The third-order valence-corrected chi connectivity index (χ3v) is 16.3. The topological polar surface area (TPSA) is 51.1 Å². The smallest absolute Gasteiger partial charge is 0.0883 e. The molecule has 5 nitrogen and oxygen atoms in total. The molecule has 0 fully saturated rings. The molecule has 0 aliphatic rings. The number of halogens is 1. The molecule has 2 aromatic heterocycles. The average molecular weight is 1040 g/mol. The summed E-state index contributed by atoms with van der Waals surface area (Å²) in [5.74, 6) is 0. The van der Waals surface area contributed by atoms with Crippen molar-refractivity contribution < 1.29 is 0 Å². The van der Waals surface area contributed by atoms with E-state index >= 15 is 0 Å². The molecule has 2 heterocycles. The van der Waals surface area contributed by atoms with Gasteiger partial charge in [-0.1, -0.05) is 223 Å². The number of fused-ring (bicyclic) bond motifs is 13. The first-order valence-corrected chi connectivity index (χ1v) is 26.0. The highest BCUT2D eigenvalue weighted by Gasteiger charge is 2.28. The highest BCUT2D eigenvalue weighted by atomic mass is 127. The second-order valence-corrected chi connectivity index (χ2v) is 20.4. The van der Waals surface area contributed by atoms with Crippen molar-refractivity contribution in [2.24, 2.45) is 5.73 Å². The molecule has 12 aromatic carbocycles. The zero-order valence-electron chi connectivity index (χ0n) is 39.5. The molecule has 14 aromatic rings. The Hall–Kier alpha value is -7.85. The van der Waals surface area contributed by atoms with Crippen LogP contribution in [0.2, 0.25) is 0 Å². The summed E-state index contributed by atoms with van der Waals surface area (Å²) in [5.41, 5.74) is 18.0. The normalized spacial score (nSPS) is 13.5. The number of nitrogens with one attached hydrogen (secondary N) is 1.